The van der Waals surface area contributed by atoms with Crippen molar-refractivity contribution < 1.29 is 4.79 Å². The summed E-state index contributed by atoms with van der Waals surface area (Å²) in [7, 11) is 0. The van der Waals surface area contributed by atoms with Gasteiger partial charge in [0.05, 0.1) is 0 Å². The molecular formula is C14H25NO. The van der Waals surface area contributed by atoms with Crippen LogP contribution < -0.4 is 5.32 Å². The van der Waals surface area contributed by atoms with Crippen LogP contribution in [0, 0.1) is 5.92 Å². The number of hydrogen-bond acceptors (Lipinski definition) is 2. The summed E-state index contributed by atoms with van der Waals surface area (Å²) in [5.74, 6) is 0.844. The van der Waals surface area contributed by atoms with E-state index in [0.29, 0.717) is 11.7 Å². The molecular weight excluding hydrogens is 198 g/mol. The number of carbonyl (C=O) groups excluding carboxylic acids is 1. The number of rotatable bonds is 7. The van der Waals surface area contributed by atoms with E-state index in [4.69, 9.17) is 0 Å². The number of ketones is 1. The van der Waals surface area contributed by atoms with Crippen molar-refractivity contribution in [1.29, 1.82) is 0 Å². The van der Waals surface area contributed by atoms with Gasteiger partial charge in [-0.15, -0.1) is 6.58 Å². The largest absolute Gasteiger partial charge is 0.317 e. The van der Waals surface area contributed by atoms with E-state index < -0.39 is 0 Å². The molecule has 0 aromatic rings. The minimum Gasteiger partial charge on any atom is -0.317 e. The van der Waals surface area contributed by atoms with Crippen LogP contribution in [0.5, 0.6) is 0 Å². The summed E-state index contributed by atoms with van der Waals surface area (Å²) in [6.07, 6.45) is 10.6. The Hall–Kier alpha value is -0.630. The quantitative estimate of drug-likeness (QED) is 0.531. The summed E-state index contributed by atoms with van der Waals surface area (Å²) in [6.45, 7) is 5.81. The van der Waals surface area contributed by atoms with Crippen molar-refractivity contribution in [2.24, 2.45) is 5.92 Å². The third-order valence-electron chi connectivity index (χ3n) is 3.36. The Morgan fingerprint density at radius 3 is 2.94 bits per heavy atom. The fourth-order valence-electron chi connectivity index (χ4n) is 2.31. The first-order valence-electron chi connectivity index (χ1n) is 6.69. The topological polar surface area (TPSA) is 29.1 Å². The van der Waals surface area contributed by atoms with E-state index in [1.807, 2.05) is 6.08 Å². The maximum Gasteiger partial charge on any atom is 0.136 e. The zero-order valence-electron chi connectivity index (χ0n) is 10.3. The average Bonchev–Trinajstić information content (AvgIpc) is 2.57. The Kier molecular flexibility index (Phi) is 7.15. The normalized spacial score (nSPS) is 21.4. The second-order valence-corrected chi connectivity index (χ2v) is 4.73. The summed E-state index contributed by atoms with van der Waals surface area (Å²) in [6, 6.07) is 0. The van der Waals surface area contributed by atoms with E-state index in [9.17, 15) is 4.79 Å². The average molecular weight is 223 g/mol. The fourth-order valence-corrected chi connectivity index (χ4v) is 2.31. The predicted octanol–water partition coefficient (Wildman–Crippen LogP) is 3.08. The maximum atomic E-state index is 11.9. The number of Topliss-reactive ketones (excluding diaryl/α,β-unsaturated/α-hetero) is 1. The van der Waals surface area contributed by atoms with Gasteiger partial charge in [0.1, 0.15) is 5.78 Å². The van der Waals surface area contributed by atoms with Crippen molar-refractivity contribution in [3.63, 3.8) is 0 Å². The first-order chi connectivity index (χ1) is 7.84. The molecule has 0 aromatic carbocycles. The molecule has 0 bridgehead atoms. The monoisotopic (exact) mass is 223 g/mol. The third-order valence-corrected chi connectivity index (χ3v) is 3.36. The van der Waals surface area contributed by atoms with E-state index in [2.05, 4.69) is 11.9 Å². The number of carbonyl (C=O) groups is 1. The summed E-state index contributed by atoms with van der Waals surface area (Å²) < 4.78 is 0. The molecule has 16 heavy (non-hydrogen) atoms. The second kappa shape index (κ2) is 8.51. The lowest BCUT2D eigenvalue weighted by atomic mass is 9.92. The van der Waals surface area contributed by atoms with Crippen molar-refractivity contribution in [3.8, 4) is 0 Å². The summed E-state index contributed by atoms with van der Waals surface area (Å²) in [4.78, 5) is 11.9. The van der Waals surface area contributed by atoms with Gasteiger partial charge in [-0.05, 0) is 51.6 Å². The predicted molar refractivity (Wildman–Crippen MR) is 68.5 cm³/mol. The van der Waals surface area contributed by atoms with E-state index in [-0.39, 0.29) is 0 Å². The Morgan fingerprint density at radius 1 is 1.25 bits per heavy atom. The van der Waals surface area contributed by atoms with Crippen LogP contribution in [0.15, 0.2) is 12.7 Å². The molecule has 0 radical (unpaired) electrons. The van der Waals surface area contributed by atoms with Crippen LogP contribution in [0.25, 0.3) is 0 Å². The van der Waals surface area contributed by atoms with Crippen molar-refractivity contribution >= 4 is 5.78 Å². The first kappa shape index (κ1) is 13.4. The summed E-state index contributed by atoms with van der Waals surface area (Å²) in [5, 5.41) is 3.35. The molecule has 0 aromatic heterocycles. The van der Waals surface area contributed by atoms with E-state index >= 15 is 0 Å². The highest BCUT2D eigenvalue weighted by Gasteiger charge is 2.18. The molecule has 2 nitrogen and oxygen atoms in total. The van der Waals surface area contributed by atoms with Crippen molar-refractivity contribution in [2.75, 3.05) is 13.1 Å². The van der Waals surface area contributed by atoms with Gasteiger partial charge in [-0.3, -0.25) is 4.79 Å². The van der Waals surface area contributed by atoms with E-state index in [0.717, 1.165) is 51.6 Å². The second-order valence-electron chi connectivity index (χ2n) is 4.73. The van der Waals surface area contributed by atoms with Crippen LogP contribution in [-0.2, 0) is 4.79 Å². The highest BCUT2D eigenvalue weighted by molar-refractivity contribution is 5.80. The minimum atomic E-state index is 0.342. The lowest BCUT2D eigenvalue weighted by molar-refractivity contribution is -0.123. The number of hydrogen-bond donors (Lipinski definition) is 1. The molecule has 0 amide bonds. The third kappa shape index (κ3) is 5.45. The van der Waals surface area contributed by atoms with Gasteiger partial charge in [0.15, 0.2) is 0 Å². The van der Waals surface area contributed by atoms with Gasteiger partial charge in [-0.2, -0.15) is 0 Å². The van der Waals surface area contributed by atoms with Gasteiger partial charge in [0.25, 0.3) is 0 Å². The lowest BCUT2D eigenvalue weighted by Crippen LogP contribution is -2.17. The lowest BCUT2D eigenvalue weighted by Gasteiger charge is -2.11. The van der Waals surface area contributed by atoms with Gasteiger partial charge in [-0.1, -0.05) is 12.5 Å². The van der Waals surface area contributed by atoms with E-state index in [1.165, 1.54) is 12.8 Å². The molecule has 1 aliphatic rings. The molecule has 1 unspecified atom stereocenters. The molecule has 1 heterocycles. The van der Waals surface area contributed by atoms with Gasteiger partial charge >= 0.3 is 0 Å². The van der Waals surface area contributed by atoms with Crippen molar-refractivity contribution in [2.45, 2.75) is 51.4 Å². The van der Waals surface area contributed by atoms with Crippen LogP contribution in [-0.4, -0.2) is 18.9 Å². The molecule has 0 spiro atoms. The van der Waals surface area contributed by atoms with Crippen LogP contribution >= 0.6 is 0 Å². The minimum absolute atomic E-state index is 0.342. The molecule has 1 N–H and O–H groups in total. The summed E-state index contributed by atoms with van der Waals surface area (Å²) in [5.41, 5.74) is 0. The van der Waals surface area contributed by atoms with Crippen LogP contribution in [0.4, 0.5) is 0 Å². The molecule has 2 heteroatoms. The number of nitrogens with one attached hydrogen (secondary N) is 1. The molecule has 0 aliphatic carbocycles. The zero-order valence-corrected chi connectivity index (χ0v) is 10.3. The molecule has 1 rings (SSSR count). The Labute approximate surface area is 99.5 Å². The fraction of sp³-hybridized carbons (Fsp3) is 0.786. The zero-order chi connectivity index (χ0) is 11.6. The summed E-state index contributed by atoms with van der Waals surface area (Å²) >= 11 is 0. The molecule has 0 saturated carbocycles. The van der Waals surface area contributed by atoms with Crippen molar-refractivity contribution in [1.82, 2.24) is 5.32 Å². The molecule has 1 fully saturated rings. The smallest absolute Gasteiger partial charge is 0.136 e. The number of allylic oxidation sites excluding steroid dienone is 1. The Balaban J connectivity index is 2.10. The maximum absolute atomic E-state index is 11.9. The van der Waals surface area contributed by atoms with Gasteiger partial charge in [0, 0.05) is 12.3 Å². The van der Waals surface area contributed by atoms with Crippen LogP contribution in [0.1, 0.15) is 51.4 Å². The molecule has 1 atom stereocenters. The highest BCUT2D eigenvalue weighted by Crippen LogP contribution is 2.18. The van der Waals surface area contributed by atoms with Crippen molar-refractivity contribution in [3.05, 3.63) is 12.7 Å². The SMILES string of the molecule is C=CCCCCCC(=O)C1CCCNCC1. The first-order valence-corrected chi connectivity index (χ1v) is 6.69. The van der Waals surface area contributed by atoms with Crippen LogP contribution in [0.2, 0.25) is 0 Å². The molecule has 92 valence electrons. The van der Waals surface area contributed by atoms with Gasteiger partial charge in [-0.25, -0.2) is 0 Å². The molecule has 1 saturated heterocycles. The van der Waals surface area contributed by atoms with Gasteiger partial charge in [0.2, 0.25) is 0 Å². The Bertz CT molecular complexity index is 205. The standard InChI is InChI=1S/C14H25NO/c1-2-3-4-5-6-9-14(16)13-8-7-11-15-12-10-13/h2,13,15H,1,3-12H2. The van der Waals surface area contributed by atoms with E-state index in [1.54, 1.807) is 0 Å². The number of unbranched alkanes of at least 4 members (excludes halogenated alkanes) is 3. The Morgan fingerprint density at radius 2 is 2.12 bits per heavy atom. The highest BCUT2D eigenvalue weighted by atomic mass is 16.1. The van der Waals surface area contributed by atoms with Crippen LogP contribution in [0.3, 0.4) is 0 Å². The molecule has 1 aliphatic heterocycles. The van der Waals surface area contributed by atoms with Gasteiger partial charge < -0.3 is 5.32 Å².